The lowest BCUT2D eigenvalue weighted by atomic mass is 10.0. The summed E-state index contributed by atoms with van der Waals surface area (Å²) in [4.78, 5) is 28.1. The number of imide groups is 1. The smallest absolute Gasteiger partial charge is 0.282 e. The number of aryl methyl sites for hydroxylation is 2. The van der Waals surface area contributed by atoms with Crippen molar-refractivity contribution in [2.75, 3.05) is 17.3 Å². The van der Waals surface area contributed by atoms with Crippen LogP contribution in [0.3, 0.4) is 0 Å². The number of rotatable bonds is 5. The largest absolute Gasteiger partial charge is 0.497 e. The van der Waals surface area contributed by atoms with E-state index in [0.29, 0.717) is 27.6 Å². The van der Waals surface area contributed by atoms with Crippen LogP contribution in [0.1, 0.15) is 16.7 Å². The van der Waals surface area contributed by atoms with Gasteiger partial charge in [0, 0.05) is 10.7 Å². The SMILES string of the molecule is COc1ccc(C2=C(Nc3cc(C)ccc3C)C(=O)N(c3ccc(Cl)cc3)C2=O)cc1. The monoisotopic (exact) mass is 432 g/mol. The van der Waals surface area contributed by atoms with Gasteiger partial charge in [-0.25, -0.2) is 4.90 Å². The molecule has 0 spiro atoms. The van der Waals surface area contributed by atoms with Crippen molar-refractivity contribution in [3.8, 4) is 5.75 Å². The van der Waals surface area contributed by atoms with Crippen molar-refractivity contribution < 1.29 is 14.3 Å². The molecule has 3 aromatic carbocycles. The van der Waals surface area contributed by atoms with Gasteiger partial charge < -0.3 is 10.1 Å². The average molecular weight is 433 g/mol. The molecule has 0 bridgehead atoms. The van der Waals surface area contributed by atoms with Gasteiger partial charge in [-0.15, -0.1) is 0 Å². The number of halogens is 1. The summed E-state index contributed by atoms with van der Waals surface area (Å²) in [6.07, 6.45) is 0. The van der Waals surface area contributed by atoms with Crippen LogP contribution in [0, 0.1) is 13.8 Å². The molecule has 0 atom stereocenters. The Morgan fingerprint density at radius 3 is 2.19 bits per heavy atom. The number of hydrogen-bond acceptors (Lipinski definition) is 4. The molecule has 0 saturated carbocycles. The molecular weight excluding hydrogens is 412 g/mol. The summed E-state index contributed by atoms with van der Waals surface area (Å²) in [7, 11) is 1.58. The molecule has 0 aliphatic carbocycles. The number of carbonyl (C=O) groups is 2. The molecule has 5 nitrogen and oxygen atoms in total. The molecular formula is C25H21ClN2O3. The molecule has 0 radical (unpaired) electrons. The maximum absolute atomic E-state index is 13.5. The first-order valence-corrected chi connectivity index (χ1v) is 10.1. The number of nitrogens with zero attached hydrogens (tertiary/aromatic N) is 1. The van der Waals surface area contributed by atoms with Crippen molar-refractivity contribution in [1.82, 2.24) is 0 Å². The third kappa shape index (κ3) is 3.92. The second-order valence-corrected chi connectivity index (χ2v) is 7.78. The minimum absolute atomic E-state index is 0.235. The molecule has 2 amide bonds. The fourth-order valence-corrected chi connectivity index (χ4v) is 3.63. The van der Waals surface area contributed by atoms with Gasteiger partial charge in [0.05, 0.1) is 18.4 Å². The molecule has 4 rings (SSSR count). The van der Waals surface area contributed by atoms with Gasteiger partial charge in [0.15, 0.2) is 0 Å². The van der Waals surface area contributed by atoms with Crippen LogP contribution in [0.2, 0.25) is 5.02 Å². The fourth-order valence-electron chi connectivity index (χ4n) is 3.50. The summed E-state index contributed by atoms with van der Waals surface area (Å²) < 4.78 is 5.23. The normalized spacial score (nSPS) is 13.7. The maximum atomic E-state index is 13.5. The van der Waals surface area contributed by atoms with Gasteiger partial charge in [0.25, 0.3) is 11.8 Å². The Morgan fingerprint density at radius 2 is 1.55 bits per heavy atom. The van der Waals surface area contributed by atoms with Crippen LogP contribution in [0.25, 0.3) is 5.57 Å². The van der Waals surface area contributed by atoms with Gasteiger partial charge in [0.2, 0.25) is 0 Å². The number of amides is 2. The summed E-state index contributed by atoms with van der Waals surface area (Å²) >= 11 is 5.99. The van der Waals surface area contributed by atoms with Crippen LogP contribution >= 0.6 is 11.6 Å². The third-order valence-corrected chi connectivity index (χ3v) is 5.45. The van der Waals surface area contributed by atoms with E-state index in [1.54, 1.807) is 55.6 Å². The van der Waals surface area contributed by atoms with E-state index in [4.69, 9.17) is 16.3 Å². The Hall–Kier alpha value is -3.57. The molecule has 0 saturated heterocycles. The van der Waals surface area contributed by atoms with Crippen molar-refractivity contribution in [2.24, 2.45) is 0 Å². The highest BCUT2D eigenvalue weighted by atomic mass is 35.5. The number of hydrogen-bond donors (Lipinski definition) is 1. The molecule has 1 aliphatic heterocycles. The molecule has 1 heterocycles. The van der Waals surface area contributed by atoms with Gasteiger partial charge in [-0.3, -0.25) is 9.59 Å². The molecule has 0 unspecified atom stereocenters. The lowest BCUT2D eigenvalue weighted by molar-refractivity contribution is -0.120. The van der Waals surface area contributed by atoms with Crippen molar-refractivity contribution in [3.05, 3.63) is 94.1 Å². The maximum Gasteiger partial charge on any atom is 0.282 e. The van der Waals surface area contributed by atoms with Crippen LogP contribution in [0.5, 0.6) is 5.75 Å². The lowest BCUT2D eigenvalue weighted by Gasteiger charge is -2.16. The number of ether oxygens (including phenoxy) is 1. The first kappa shape index (κ1) is 20.7. The van der Waals surface area contributed by atoms with E-state index in [1.807, 2.05) is 32.0 Å². The Bertz CT molecular complexity index is 1200. The molecule has 156 valence electrons. The molecule has 1 N–H and O–H groups in total. The molecule has 0 fully saturated rings. The Kier molecular flexibility index (Phi) is 5.53. The Balaban J connectivity index is 1.83. The van der Waals surface area contributed by atoms with Crippen LogP contribution in [0.4, 0.5) is 11.4 Å². The summed E-state index contributed by atoms with van der Waals surface area (Å²) in [6.45, 7) is 3.93. The lowest BCUT2D eigenvalue weighted by Crippen LogP contribution is -2.32. The van der Waals surface area contributed by atoms with Crippen LogP contribution < -0.4 is 15.0 Å². The van der Waals surface area contributed by atoms with Gasteiger partial charge >= 0.3 is 0 Å². The Morgan fingerprint density at radius 1 is 0.871 bits per heavy atom. The summed E-state index contributed by atoms with van der Waals surface area (Å²) in [5.74, 6) is -0.149. The van der Waals surface area contributed by atoms with Crippen molar-refractivity contribution in [1.29, 1.82) is 0 Å². The van der Waals surface area contributed by atoms with Crippen molar-refractivity contribution in [2.45, 2.75) is 13.8 Å². The van der Waals surface area contributed by atoms with Crippen LogP contribution in [-0.4, -0.2) is 18.9 Å². The van der Waals surface area contributed by atoms with Crippen molar-refractivity contribution >= 4 is 40.4 Å². The second-order valence-electron chi connectivity index (χ2n) is 7.34. The predicted octanol–water partition coefficient (Wildman–Crippen LogP) is 5.36. The van der Waals surface area contributed by atoms with Crippen molar-refractivity contribution in [3.63, 3.8) is 0 Å². The molecule has 31 heavy (non-hydrogen) atoms. The van der Waals surface area contributed by atoms with E-state index in [-0.39, 0.29) is 5.70 Å². The fraction of sp³-hybridized carbons (Fsp3) is 0.120. The number of benzene rings is 3. The first-order chi connectivity index (χ1) is 14.9. The minimum Gasteiger partial charge on any atom is -0.497 e. The highest BCUT2D eigenvalue weighted by Crippen LogP contribution is 2.35. The van der Waals surface area contributed by atoms with Gasteiger partial charge in [-0.2, -0.15) is 0 Å². The zero-order valence-corrected chi connectivity index (χ0v) is 18.2. The molecule has 3 aromatic rings. The van der Waals surface area contributed by atoms with Gasteiger partial charge in [0.1, 0.15) is 11.4 Å². The highest BCUT2D eigenvalue weighted by molar-refractivity contribution is 6.46. The van der Waals surface area contributed by atoms with Crippen LogP contribution in [-0.2, 0) is 9.59 Å². The Labute approximate surface area is 185 Å². The number of carbonyl (C=O) groups excluding carboxylic acids is 2. The number of methoxy groups -OCH3 is 1. The minimum atomic E-state index is -0.418. The van der Waals surface area contributed by atoms with E-state index < -0.39 is 11.8 Å². The van der Waals surface area contributed by atoms with E-state index in [0.717, 1.165) is 16.8 Å². The first-order valence-electron chi connectivity index (χ1n) is 9.76. The van der Waals surface area contributed by atoms with Crippen LogP contribution in [0.15, 0.2) is 72.4 Å². The summed E-state index contributed by atoms with van der Waals surface area (Å²) in [5, 5.41) is 3.76. The predicted molar refractivity (Wildman–Crippen MR) is 123 cm³/mol. The van der Waals surface area contributed by atoms with E-state index in [2.05, 4.69) is 5.32 Å². The topological polar surface area (TPSA) is 58.6 Å². The van der Waals surface area contributed by atoms with Gasteiger partial charge in [-0.05, 0) is 73.0 Å². The summed E-state index contributed by atoms with van der Waals surface area (Å²) in [5.41, 5.74) is 4.43. The molecule has 1 aliphatic rings. The van der Waals surface area contributed by atoms with E-state index in [9.17, 15) is 9.59 Å². The highest BCUT2D eigenvalue weighted by Gasteiger charge is 2.40. The standard InChI is InChI=1S/C25H21ClN2O3/c1-15-4-5-16(2)21(14-15)27-23-22(17-6-12-20(31-3)13-7-17)24(29)28(25(23)30)19-10-8-18(26)9-11-19/h4-14,27H,1-3H3. The molecule has 6 heteroatoms. The van der Waals surface area contributed by atoms with E-state index >= 15 is 0 Å². The zero-order valence-electron chi connectivity index (χ0n) is 17.4. The van der Waals surface area contributed by atoms with Gasteiger partial charge in [-0.1, -0.05) is 35.9 Å². The zero-order chi connectivity index (χ0) is 22.1. The quantitative estimate of drug-likeness (QED) is 0.551. The number of anilines is 2. The summed E-state index contributed by atoms with van der Waals surface area (Å²) in [6, 6.07) is 19.6. The van der Waals surface area contributed by atoms with E-state index in [1.165, 1.54) is 4.90 Å². The second kappa shape index (κ2) is 8.28. The molecule has 0 aromatic heterocycles. The number of nitrogens with one attached hydrogen (secondary N) is 1. The average Bonchev–Trinajstić information content (AvgIpc) is 3.01. The third-order valence-electron chi connectivity index (χ3n) is 5.20.